The Morgan fingerprint density at radius 1 is 1.22 bits per heavy atom. The lowest BCUT2D eigenvalue weighted by Gasteiger charge is -2.33. The largest absolute Gasteiger partial charge is 0.339 e. The van der Waals surface area contributed by atoms with E-state index >= 15 is 0 Å². The lowest BCUT2D eigenvalue weighted by molar-refractivity contribution is -0.384. The third-order valence-electron chi connectivity index (χ3n) is 3.51. The maximum absolute atomic E-state index is 12.5. The second-order valence-electron chi connectivity index (χ2n) is 4.87. The number of hydrogen-bond donors (Lipinski definition) is 0. The van der Waals surface area contributed by atoms with Crippen molar-refractivity contribution in [3.8, 4) is 6.07 Å². The van der Waals surface area contributed by atoms with E-state index in [9.17, 15) is 23.3 Å². The van der Waals surface area contributed by atoms with Crippen LogP contribution >= 0.6 is 0 Å². The van der Waals surface area contributed by atoms with Gasteiger partial charge in [-0.25, -0.2) is 8.42 Å². The van der Waals surface area contributed by atoms with E-state index in [4.69, 9.17) is 5.26 Å². The maximum Gasteiger partial charge on any atom is 0.269 e. The van der Waals surface area contributed by atoms with Crippen LogP contribution < -0.4 is 0 Å². The lowest BCUT2D eigenvalue weighted by atomic mass is 10.3. The number of hydrogen-bond acceptors (Lipinski definition) is 6. The Balaban J connectivity index is 2.08. The number of amides is 1. The molecule has 0 N–H and O–H groups in total. The zero-order valence-corrected chi connectivity index (χ0v) is 12.9. The molecular weight excluding hydrogens is 324 g/mol. The molecule has 0 aromatic heterocycles. The second-order valence-corrected chi connectivity index (χ2v) is 6.81. The molecule has 1 aliphatic rings. The fraction of sp³-hybridized carbons (Fsp3) is 0.385. The highest BCUT2D eigenvalue weighted by Crippen LogP contribution is 2.20. The first kappa shape index (κ1) is 16.9. The van der Waals surface area contributed by atoms with E-state index in [0.717, 1.165) is 12.1 Å². The molecule has 1 heterocycles. The van der Waals surface area contributed by atoms with Crippen molar-refractivity contribution in [2.75, 3.05) is 26.2 Å². The number of carbonyl (C=O) groups excluding carboxylic acids is 1. The SMILES string of the molecule is N#CCC(=O)N1CCN(S(=O)(=O)c2ccc([N+](=O)[O-])cc2)CC1. The zero-order chi connectivity index (χ0) is 17.0. The van der Waals surface area contributed by atoms with Crippen molar-refractivity contribution in [1.29, 1.82) is 5.26 Å². The molecule has 0 spiro atoms. The van der Waals surface area contributed by atoms with Crippen LogP contribution in [0.3, 0.4) is 0 Å². The lowest BCUT2D eigenvalue weighted by Crippen LogP contribution is -2.50. The van der Waals surface area contributed by atoms with Crippen molar-refractivity contribution in [3.05, 3.63) is 34.4 Å². The quantitative estimate of drug-likeness (QED) is 0.576. The summed E-state index contributed by atoms with van der Waals surface area (Å²) in [5.74, 6) is -0.320. The number of rotatable bonds is 4. The van der Waals surface area contributed by atoms with Gasteiger partial charge in [-0.3, -0.25) is 14.9 Å². The van der Waals surface area contributed by atoms with E-state index in [1.54, 1.807) is 6.07 Å². The standard InChI is InChI=1S/C13H14N4O5S/c14-6-5-13(18)15-7-9-16(10-8-15)23(21,22)12-3-1-11(2-4-12)17(19)20/h1-4H,5,7-10H2. The van der Waals surface area contributed by atoms with E-state index in [2.05, 4.69) is 0 Å². The molecular formula is C13H14N4O5S. The molecule has 9 nitrogen and oxygen atoms in total. The number of benzene rings is 1. The fourth-order valence-corrected chi connectivity index (χ4v) is 3.67. The van der Waals surface area contributed by atoms with Gasteiger partial charge < -0.3 is 4.90 Å². The molecule has 1 fully saturated rings. The van der Waals surface area contributed by atoms with Crippen molar-refractivity contribution in [2.24, 2.45) is 0 Å². The Hall–Kier alpha value is -2.51. The summed E-state index contributed by atoms with van der Waals surface area (Å²) in [4.78, 5) is 23.0. The molecule has 1 saturated heterocycles. The van der Waals surface area contributed by atoms with Crippen LogP contribution in [-0.2, 0) is 14.8 Å². The highest BCUT2D eigenvalue weighted by Gasteiger charge is 2.30. The van der Waals surface area contributed by atoms with Crippen molar-refractivity contribution in [2.45, 2.75) is 11.3 Å². The maximum atomic E-state index is 12.5. The first-order valence-corrected chi connectivity index (χ1v) is 8.19. The van der Waals surface area contributed by atoms with Gasteiger partial charge in [0.1, 0.15) is 6.42 Å². The summed E-state index contributed by atoms with van der Waals surface area (Å²) in [6, 6.07) is 6.44. The van der Waals surface area contributed by atoms with Crippen LogP contribution in [0.15, 0.2) is 29.2 Å². The minimum absolute atomic E-state index is 0.0279. The number of sulfonamides is 1. The first-order valence-electron chi connectivity index (χ1n) is 6.75. The summed E-state index contributed by atoms with van der Waals surface area (Å²) in [5.41, 5.74) is -0.184. The summed E-state index contributed by atoms with van der Waals surface area (Å²) < 4.78 is 26.2. The molecule has 0 atom stereocenters. The number of non-ortho nitro benzene ring substituents is 1. The van der Waals surface area contributed by atoms with Gasteiger partial charge in [0.05, 0.1) is 15.9 Å². The van der Waals surface area contributed by atoms with E-state index in [-0.39, 0.29) is 49.1 Å². The number of nitriles is 1. The smallest absolute Gasteiger partial charge is 0.269 e. The summed E-state index contributed by atoms with van der Waals surface area (Å²) >= 11 is 0. The highest BCUT2D eigenvalue weighted by molar-refractivity contribution is 7.89. The third kappa shape index (κ3) is 3.64. The normalized spacial score (nSPS) is 15.9. The van der Waals surface area contributed by atoms with Crippen LogP contribution in [0.5, 0.6) is 0 Å². The summed E-state index contributed by atoms with van der Waals surface area (Å²) in [6.07, 6.45) is -0.227. The molecule has 1 amide bonds. The van der Waals surface area contributed by atoms with Gasteiger partial charge in [-0.15, -0.1) is 0 Å². The Labute approximate surface area is 132 Å². The third-order valence-corrected chi connectivity index (χ3v) is 5.42. The van der Waals surface area contributed by atoms with Gasteiger partial charge >= 0.3 is 0 Å². The number of piperazine rings is 1. The monoisotopic (exact) mass is 338 g/mol. The topological polar surface area (TPSA) is 125 Å². The molecule has 122 valence electrons. The van der Waals surface area contributed by atoms with Crippen molar-refractivity contribution in [3.63, 3.8) is 0 Å². The number of nitro benzene ring substituents is 1. The average molecular weight is 338 g/mol. The molecule has 2 rings (SSSR count). The van der Waals surface area contributed by atoms with Crippen LogP contribution in [0.4, 0.5) is 5.69 Å². The van der Waals surface area contributed by atoms with Crippen LogP contribution in [0.1, 0.15) is 6.42 Å². The second kappa shape index (κ2) is 6.72. The van der Waals surface area contributed by atoms with Gasteiger partial charge in [0.15, 0.2) is 0 Å². The fourth-order valence-electron chi connectivity index (χ4n) is 2.25. The molecule has 1 aliphatic heterocycles. The number of nitrogens with zero attached hydrogens (tertiary/aromatic N) is 4. The molecule has 10 heteroatoms. The highest BCUT2D eigenvalue weighted by atomic mass is 32.2. The zero-order valence-electron chi connectivity index (χ0n) is 12.1. The summed E-state index contributed by atoms with van der Waals surface area (Å²) in [7, 11) is -3.76. The van der Waals surface area contributed by atoms with Gasteiger partial charge in [0.2, 0.25) is 15.9 Å². The minimum atomic E-state index is -3.76. The van der Waals surface area contributed by atoms with Gasteiger partial charge in [-0.1, -0.05) is 0 Å². The molecule has 0 bridgehead atoms. The van der Waals surface area contributed by atoms with E-state index < -0.39 is 14.9 Å². The number of nitro groups is 1. The predicted molar refractivity (Wildman–Crippen MR) is 78.7 cm³/mol. The van der Waals surface area contributed by atoms with E-state index in [1.807, 2.05) is 0 Å². The van der Waals surface area contributed by atoms with Gasteiger partial charge in [-0.05, 0) is 12.1 Å². The molecule has 1 aromatic carbocycles. The van der Waals surface area contributed by atoms with Gasteiger partial charge in [-0.2, -0.15) is 9.57 Å². The number of carbonyl (C=O) groups is 1. The van der Waals surface area contributed by atoms with Crippen molar-refractivity contribution >= 4 is 21.6 Å². The van der Waals surface area contributed by atoms with Crippen LogP contribution in [-0.4, -0.2) is 54.6 Å². The molecule has 1 aromatic rings. The van der Waals surface area contributed by atoms with Crippen LogP contribution in [0.2, 0.25) is 0 Å². The Bertz CT molecular complexity index is 746. The Kier molecular flexibility index (Phi) is 4.92. The molecule has 0 saturated carbocycles. The average Bonchev–Trinajstić information content (AvgIpc) is 2.55. The van der Waals surface area contributed by atoms with Crippen LogP contribution in [0.25, 0.3) is 0 Å². The van der Waals surface area contributed by atoms with E-state index in [0.29, 0.717) is 0 Å². The minimum Gasteiger partial charge on any atom is -0.339 e. The molecule has 0 radical (unpaired) electrons. The molecule has 0 unspecified atom stereocenters. The predicted octanol–water partition coefficient (Wildman–Crippen LogP) is 0.341. The molecule has 0 aliphatic carbocycles. The van der Waals surface area contributed by atoms with Crippen molar-refractivity contribution in [1.82, 2.24) is 9.21 Å². The Morgan fingerprint density at radius 3 is 2.26 bits per heavy atom. The Morgan fingerprint density at radius 2 is 1.78 bits per heavy atom. The first-order chi connectivity index (χ1) is 10.9. The summed E-state index contributed by atoms with van der Waals surface area (Å²) in [5, 5.41) is 19.1. The van der Waals surface area contributed by atoms with Crippen molar-refractivity contribution < 1.29 is 18.1 Å². The summed E-state index contributed by atoms with van der Waals surface area (Å²) in [6.45, 7) is 0.673. The molecule has 23 heavy (non-hydrogen) atoms. The van der Waals surface area contributed by atoms with Gasteiger partial charge in [0.25, 0.3) is 5.69 Å². The van der Waals surface area contributed by atoms with E-state index in [1.165, 1.54) is 21.3 Å². The van der Waals surface area contributed by atoms with Gasteiger partial charge in [0, 0.05) is 38.3 Å². The van der Waals surface area contributed by atoms with Crippen LogP contribution in [0, 0.1) is 21.4 Å².